The number of carbonyl (C=O) groups is 2. The Morgan fingerprint density at radius 1 is 0.349 bits per heavy atom. The Kier molecular flexibility index (Phi) is 52.8. The Morgan fingerprint density at radius 2 is 0.698 bits per heavy atom. The number of amides is 2. The molecule has 0 atom stereocenters. The molecule has 0 radical (unpaired) electrons. The number of nitrogens with zero attached hydrogens (tertiary/aromatic N) is 5. The SMILES string of the molecule is CCCCC/C=C\CCN(CC/C=C\CCCCC)CCN(CC/C=C\CCCCC)CC(=O)N(C)CCN(C)C=O.CCCCCCCCCN(CC)CCCCCCCCC. The van der Waals surface area contributed by atoms with Gasteiger partial charge in [-0.05, 0) is 90.3 Å². The maximum absolute atomic E-state index is 13.1. The third-order valence-electron chi connectivity index (χ3n) is 12.3. The molecule has 0 aromatic heterocycles. The van der Waals surface area contributed by atoms with Crippen LogP contribution in [0.5, 0.6) is 0 Å². The fourth-order valence-electron chi connectivity index (χ4n) is 7.71. The molecule has 0 heterocycles. The van der Waals surface area contributed by atoms with Gasteiger partial charge in [-0.2, -0.15) is 0 Å². The lowest BCUT2D eigenvalue weighted by molar-refractivity contribution is -0.132. The van der Waals surface area contributed by atoms with Crippen LogP contribution in [0.25, 0.3) is 0 Å². The van der Waals surface area contributed by atoms with Crippen molar-refractivity contribution in [1.82, 2.24) is 24.5 Å². The molecule has 2 amide bonds. The molecule has 0 N–H and O–H groups in total. The van der Waals surface area contributed by atoms with E-state index < -0.39 is 0 Å². The average Bonchev–Trinajstić information content (AvgIpc) is 3.29. The van der Waals surface area contributed by atoms with Crippen molar-refractivity contribution < 1.29 is 9.59 Å². The van der Waals surface area contributed by atoms with Gasteiger partial charge < -0.3 is 19.6 Å². The highest BCUT2D eigenvalue weighted by Crippen LogP contribution is 2.11. The molecule has 0 aliphatic rings. The zero-order valence-corrected chi connectivity index (χ0v) is 43.9. The molecule has 0 bridgehead atoms. The summed E-state index contributed by atoms with van der Waals surface area (Å²) in [7, 11) is 3.60. The first kappa shape index (κ1) is 63.1. The molecule has 0 rings (SSSR count). The summed E-state index contributed by atoms with van der Waals surface area (Å²) in [5, 5.41) is 0. The van der Waals surface area contributed by atoms with Gasteiger partial charge in [0.1, 0.15) is 0 Å². The van der Waals surface area contributed by atoms with Gasteiger partial charge in [0.05, 0.1) is 6.54 Å². The number of rotatable bonds is 47. The molecule has 0 fully saturated rings. The van der Waals surface area contributed by atoms with Gasteiger partial charge in [0.25, 0.3) is 0 Å². The smallest absolute Gasteiger partial charge is 0.236 e. The van der Waals surface area contributed by atoms with Gasteiger partial charge in [-0.15, -0.1) is 0 Å². The summed E-state index contributed by atoms with van der Waals surface area (Å²) in [5.74, 6) is 0.123. The van der Waals surface area contributed by atoms with E-state index in [2.05, 4.69) is 92.7 Å². The summed E-state index contributed by atoms with van der Waals surface area (Å²) in [4.78, 5) is 34.9. The summed E-state index contributed by atoms with van der Waals surface area (Å²) in [5.41, 5.74) is 0. The van der Waals surface area contributed by atoms with E-state index in [0.717, 1.165) is 64.8 Å². The van der Waals surface area contributed by atoms with Gasteiger partial charge in [-0.3, -0.25) is 14.5 Å². The van der Waals surface area contributed by atoms with E-state index in [4.69, 9.17) is 0 Å². The van der Waals surface area contributed by atoms with Crippen LogP contribution in [0.4, 0.5) is 0 Å². The zero-order chi connectivity index (χ0) is 46.7. The summed E-state index contributed by atoms with van der Waals surface area (Å²) >= 11 is 0. The second-order valence-corrected chi connectivity index (χ2v) is 18.5. The standard InChI is InChI=1S/C36H68N4O2.C20H43N/c1-6-9-12-15-18-21-24-27-39(28-25-22-19-16-13-10-7-2)32-33-40(29-26-23-20-17-14-11-8-3)34-36(42)38(5)31-30-37(4)35-41;1-4-7-9-11-13-15-17-19-21(6-3)20-18-16-14-12-10-8-5-2/h18-23,35H,6-17,24-34H2,1-5H3;4-20H2,1-3H3/b21-18-,22-19-,23-20-;. The Balaban J connectivity index is 0. The van der Waals surface area contributed by atoms with Crippen LogP contribution in [0.1, 0.15) is 228 Å². The normalized spacial score (nSPS) is 11.9. The average molecular weight is 887 g/mol. The molecular weight excluding hydrogens is 775 g/mol. The van der Waals surface area contributed by atoms with Gasteiger partial charge in [0.15, 0.2) is 0 Å². The summed E-state index contributed by atoms with van der Waals surface area (Å²) in [6.45, 7) is 24.0. The summed E-state index contributed by atoms with van der Waals surface area (Å²) in [6.07, 6.45) is 53.0. The Hall–Kier alpha value is -1.96. The van der Waals surface area contributed by atoms with Crippen molar-refractivity contribution in [2.24, 2.45) is 0 Å². The van der Waals surface area contributed by atoms with Crippen molar-refractivity contribution in [3.63, 3.8) is 0 Å². The van der Waals surface area contributed by atoms with Crippen LogP contribution < -0.4 is 0 Å². The van der Waals surface area contributed by atoms with Crippen LogP contribution in [0.2, 0.25) is 0 Å². The largest absolute Gasteiger partial charge is 0.347 e. The minimum absolute atomic E-state index is 0.123. The molecule has 0 spiro atoms. The van der Waals surface area contributed by atoms with Crippen LogP contribution in [-0.4, -0.2) is 123 Å². The molecule has 0 aliphatic carbocycles. The fourth-order valence-corrected chi connectivity index (χ4v) is 7.71. The minimum atomic E-state index is 0.123. The Labute approximate surface area is 395 Å². The van der Waals surface area contributed by atoms with Crippen molar-refractivity contribution in [2.45, 2.75) is 228 Å². The maximum Gasteiger partial charge on any atom is 0.236 e. The van der Waals surface area contributed by atoms with Crippen molar-refractivity contribution >= 4 is 12.3 Å². The second-order valence-electron chi connectivity index (χ2n) is 18.5. The van der Waals surface area contributed by atoms with Crippen LogP contribution in [-0.2, 0) is 9.59 Å². The highest BCUT2D eigenvalue weighted by molar-refractivity contribution is 5.78. The highest BCUT2D eigenvalue weighted by atomic mass is 16.2. The van der Waals surface area contributed by atoms with E-state index in [0.29, 0.717) is 19.6 Å². The van der Waals surface area contributed by atoms with E-state index in [-0.39, 0.29) is 5.91 Å². The van der Waals surface area contributed by atoms with Gasteiger partial charge >= 0.3 is 0 Å². The molecule has 0 unspecified atom stereocenters. The van der Waals surface area contributed by atoms with E-state index >= 15 is 0 Å². The van der Waals surface area contributed by atoms with Crippen LogP contribution >= 0.6 is 0 Å². The molecule has 0 aliphatic heterocycles. The van der Waals surface area contributed by atoms with Crippen molar-refractivity contribution in [1.29, 1.82) is 0 Å². The number of carbonyl (C=O) groups excluding carboxylic acids is 2. The first-order valence-corrected chi connectivity index (χ1v) is 27.3. The number of likely N-dealkylation sites (N-methyl/N-ethyl adjacent to an activating group) is 2. The van der Waals surface area contributed by atoms with Crippen molar-refractivity contribution in [3.05, 3.63) is 36.5 Å². The molecule has 0 saturated carbocycles. The quantitative estimate of drug-likeness (QED) is 0.0346. The van der Waals surface area contributed by atoms with Gasteiger partial charge in [0, 0.05) is 59.9 Å². The van der Waals surface area contributed by atoms with Gasteiger partial charge in [0.2, 0.25) is 12.3 Å². The lowest BCUT2D eigenvalue weighted by atomic mass is 10.1. The minimum Gasteiger partial charge on any atom is -0.347 e. The van der Waals surface area contributed by atoms with Crippen molar-refractivity contribution in [2.75, 3.05) is 86.1 Å². The van der Waals surface area contributed by atoms with Crippen molar-refractivity contribution in [3.8, 4) is 0 Å². The first-order chi connectivity index (χ1) is 30.8. The third kappa shape index (κ3) is 47.8. The number of hydrogen-bond donors (Lipinski definition) is 0. The lowest BCUT2D eigenvalue weighted by Gasteiger charge is -2.28. The van der Waals surface area contributed by atoms with Crippen LogP contribution in [0.15, 0.2) is 36.5 Å². The van der Waals surface area contributed by atoms with Gasteiger partial charge in [-0.1, -0.05) is 194 Å². The topological polar surface area (TPSA) is 50.3 Å². The Bertz CT molecular complexity index is 974. The molecule has 7 nitrogen and oxygen atoms in total. The zero-order valence-electron chi connectivity index (χ0n) is 43.9. The van der Waals surface area contributed by atoms with E-state index in [1.807, 2.05) is 7.05 Å². The Morgan fingerprint density at radius 3 is 1.10 bits per heavy atom. The molecule has 0 aromatic carbocycles. The fraction of sp³-hybridized carbons (Fsp3) is 0.857. The molecule has 372 valence electrons. The maximum atomic E-state index is 13.1. The highest BCUT2D eigenvalue weighted by Gasteiger charge is 2.16. The molecule has 63 heavy (non-hydrogen) atoms. The summed E-state index contributed by atoms with van der Waals surface area (Å²) < 4.78 is 0. The third-order valence-corrected chi connectivity index (χ3v) is 12.3. The molecule has 0 aromatic rings. The van der Waals surface area contributed by atoms with E-state index in [9.17, 15) is 9.59 Å². The monoisotopic (exact) mass is 886 g/mol. The second kappa shape index (κ2) is 52.7. The van der Waals surface area contributed by atoms with Crippen LogP contribution in [0, 0.1) is 0 Å². The number of hydrogen-bond acceptors (Lipinski definition) is 5. The number of unbranched alkanes of at least 4 members (excludes halogenated alkanes) is 21. The number of allylic oxidation sites excluding steroid dienone is 3. The molecule has 7 heteroatoms. The summed E-state index contributed by atoms with van der Waals surface area (Å²) in [6, 6.07) is 0. The van der Waals surface area contributed by atoms with E-state index in [1.54, 1.807) is 16.8 Å². The predicted octanol–water partition coefficient (Wildman–Crippen LogP) is 14.5. The lowest BCUT2D eigenvalue weighted by Crippen LogP contribution is -2.44. The predicted molar refractivity (Wildman–Crippen MR) is 281 cm³/mol. The van der Waals surface area contributed by atoms with E-state index in [1.165, 1.54) is 180 Å². The first-order valence-electron chi connectivity index (χ1n) is 27.3. The molecule has 0 saturated heterocycles. The molecular formula is C56H111N5O2. The van der Waals surface area contributed by atoms with Crippen LogP contribution in [0.3, 0.4) is 0 Å². The van der Waals surface area contributed by atoms with Gasteiger partial charge in [-0.25, -0.2) is 0 Å².